The first-order valence-electron chi connectivity index (χ1n) is 7.49. The molecule has 0 amide bonds. The van der Waals surface area contributed by atoms with Gasteiger partial charge in [0.05, 0.1) is 17.4 Å². The third kappa shape index (κ3) is 2.82. The fraction of sp³-hybridized carbons (Fsp3) is 0.118. The number of aromatic nitrogens is 4. The topological polar surface area (TPSA) is 64.9 Å². The lowest BCUT2D eigenvalue weighted by Crippen LogP contribution is -2.03. The molecule has 0 radical (unpaired) electrons. The van der Waals surface area contributed by atoms with Crippen molar-refractivity contribution in [3.05, 3.63) is 48.9 Å². The van der Waals surface area contributed by atoms with Crippen LogP contribution >= 0.6 is 0 Å². The minimum atomic E-state index is -2.89. The zero-order chi connectivity index (χ0) is 17.4. The Morgan fingerprint density at radius 1 is 1.08 bits per heavy atom. The highest BCUT2D eigenvalue weighted by Gasteiger charge is 2.10. The lowest BCUT2D eigenvalue weighted by Gasteiger charge is -2.07. The lowest BCUT2D eigenvalue weighted by molar-refractivity contribution is -0.0528. The van der Waals surface area contributed by atoms with E-state index in [1.54, 1.807) is 12.3 Å². The molecule has 1 N–H and O–H groups in total. The minimum Gasteiger partial charge on any atom is -0.417 e. The van der Waals surface area contributed by atoms with Crippen molar-refractivity contribution in [2.75, 3.05) is 5.32 Å². The van der Waals surface area contributed by atoms with Crippen LogP contribution in [-0.4, -0.2) is 26.1 Å². The Labute approximate surface area is 141 Å². The molecule has 0 aliphatic rings. The second-order valence-electron chi connectivity index (χ2n) is 5.41. The number of halogens is 2. The second kappa shape index (κ2) is 5.97. The molecular formula is C17H13F2N5O. The van der Waals surface area contributed by atoms with Crippen LogP contribution in [-0.2, 0) is 7.05 Å². The highest BCUT2D eigenvalue weighted by atomic mass is 19.3. The van der Waals surface area contributed by atoms with Crippen LogP contribution in [0.15, 0.2) is 48.9 Å². The lowest BCUT2D eigenvalue weighted by atomic mass is 10.2. The molecule has 0 spiro atoms. The van der Waals surface area contributed by atoms with Gasteiger partial charge < -0.3 is 14.6 Å². The summed E-state index contributed by atoms with van der Waals surface area (Å²) >= 11 is 0. The van der Waals surface area contributed by atoms with Crippen LogP contribution < -0.4 is 10.1 Å². The molecule has 126 valence electrons. The number of fused-ring (bicyclic) bond motifs is 3. The van der Waals surface area contributed by atoms with Crippen molar-refractivity contribution >= 4 is 33.4 Å². The Hall–Kier alpha value is -3.29. The van der Waals surface area contributed by atoms with E-state index >= 15 is 0 Å². The molecule has 0 fully saturated rings. The largest absolute Gasteiger partial charge is 0.417 e. The number of hydrogen-bond donors (Lipinski definition) is 1. The van der Waals surface area contributed by atoms with Gasteiger partial charge in [0.15, 0.2) is 0 Å². The molecule has 25 heavy (non-hydrogen) atoms. The molecule has 4 aromatic rings. The van der Waals surface area contributed by atoms with E-state index in [9.17, 15) is 8.78 Å². The fourth-order valence-corrected chi connectivity index (χ4v) is 2.75. The van der Waals surface area contributed by atoms with E-state index in [0.717, 1.165) is 21.9 Å². The van der Waals surface area contributed by atoms with Crippen LogP contribution in [0.3, 0.4) is 0 Å². The second-order valence-corrected chi connectivity index (χ2v) is 5.41. The normalized spacial score (nSPS) is 11.4. The van der Waals surface area contributed by atoms with E-state index in [1.165, 1.54) is 12.3 Å². The van der Waals surface area contributed by atoms with Gasteiger partial charge in [-0.1, -0.05) is 0 Å². The molecule has 0 saturated carbocycles. The van der Waals surface area contributed by atoms with Crippen molar-refractivity contribution < 1.29 is 13.5 Å². The summed E-state index contributed by atoms with van der Waals surface area (Å²) in [7, 11) is 1.94. The number of pyridine rings is 3. The van der Waals surface area contributed by atoms with E-state index in [2.05, 4.69) is 25.0 Å². The van der Waals surface area contributed by atoms with Crippen molar-refractivity contribution in [3.8, 4) is 5.88 Å². The first-order chi connectivity index (χ1) is 12.1. The zero-order valence-electron chi connectivity index (χ0n) is 13.1. The summed E-state index contributed by atoms with van der Waals surface area (Å²) in [6.07, 6.45) is 4.97. The van der Waals surface area contributed by atoms with Gasteiger partial charge in [0.25, 0.3) is 0 Å². The van der Waals surface area contributed by atoms with E-state index in [-0.39, 0.29) is 5.88 Å². The van der Waals surface area contributed by atoms with Crippen LogP contribution in [0.5, 0.6) is 5.88 Å². The van der Waals surface area contributed by atoms with Crippen molar-refractivity contribution in [3.63, 3.8) is 0 Å². The number of nitrogens with one attached hydrogen (secondary N) is 1. The third-order valence-corrected chi connectivity index (χ3v) is 3.86. The molecule has 0 aromatic carbocycles. The van der Waals surface area contributed by atoms with Gasteiger partial charge in [0.1, 0.15) is 11.5 Å². The Morgan fingerprint density at radius 3 is 2.72 bits per heavy atom. The van der Waals surface area contributed by atoms with Gasteiger partial charge in [0, 0.05) is 36.3 Å². The first-order valence-corrected chi connectivity index (χ1v) is 7.49. The number of hydrogen-bond acceptors (Lipinski definition) is 5. The maximum Gasteiger partial charge on any atom is 0.388 e. The summed E-state index contributed by atoms with van der Waals surface area (Å²) < 4.78 is 30.5. The molecule has 8 heteroatoms. The van der Waals surface area contributed by atoms with Gasteiger partial charge >= 0.3 is 6.61 Å². The molecule has 4 aromatic heterocycles. The highest BCUT2D eigenvalue weighted by molar-refractivity contribution is 6.06. The quantitative estimate of drug-likeness (QED) is 0.610. The van der Waals surface area contributed by atoms with Crippen LogP contribution in [0.2, 0.25) is 0 Å². The zero-order valence-corrected chi connectivity index (χ0v) is 13.1. The number of ether oxygens (including phenoxy) is 1. The number of rotatable bonds is 4. The summed E-state index contributed by atoms with van der Waals surface area (Å²) in [6.45, 7) is -2.89. The average Bonchev–Trinajstić information content (AvgIpc) is 2.89. The molecule has 0 aliphatic heterocycles. The van der Waals surface area contributed by atoms with Gasteiger partial charge in [-0.2, -0.15) is 8.78 Å². The minimum absolute atomic E-state index is 0.134. The highest BCUT2D eigenvalue weighted by Crippen LogP contribution is 2.28. The molecular weight excluding hydrogens is 328 g/mol. The predicted octanol–water partition coefficient (Wildman–Crippen LogP) is 3.86. The van der Waals surface area contributed by atoms with Gasteiger partial charge in [-0.05, 0) is 24.3 Å². The summed E-state index contributed by atoms with van der Waals surface area (Å²) in [6, 6.07) is 8.72. The average molecular weight is 341 g/mol. The van der Waals surface area contributed by atoms with E-state index in [1.807, 2.05) is 36.0 Å². The third-order valence-electron chi connectivity index (χ3n) is 3.86. The molecule has 4 heterocycles. The summed E-state index contributed by atoms with van der Waals surface area (Å²) in [5.74, 6) is 0.487. The van der Waals surface area contributed by atoms with Gasteiger partial charge in [-0.15, -0.1) is 0 Å². The van der Waals surface area contributed by atoms with Crippen LogP contribution in [0.25, 0.3) is 21.9 Å². The van der Waals surface area contributed by atoms with E-state index in [0.29, 0.717) is 11.5 Å². The molecule has 0 saturated heterocycles. The number of aryl methyl sites for hydroxylation is 1. The SMILES string of the molecule is Cn1c2ccncc2c2ccc(Nc3ccc(OC(F)F)nc3)nc21. The first kappa shape index (κ1) is 15.3. The van der Waals surface area contributed by atoms with Gasteiger partial charge in [0.2, 0.25) is 5.88 Å². The standard InChI is InChI=1S/C17H13F2N5O/c1-24-13-6-7-20-9-12(13)11-3-4-14(23-16(11)24)22-10-2-5-15(21-8-10)25-17(18)19/h2-9,17H,1H3,(H,22,23). The van der Waals surface area contributed by atoms with Crippen molar-refractivity contribution in [2.24, 2.45) is 7.05 Å². The summed E-state index contributed by atoms with van der Waals surface area (Å²) in [5, 5.41) is 5.15. The Kier molecular flexibility index (Phi) is 3.64. The van der Waals surface area contributed by atoms with Crippen molar-refractivity contribution in [2.45, 2.75) is 6.61 Å². The molecule has 0 atom stereocenters. The van der Waals surface area contributed by atoms with E-state index in [4.69, 9.17) is 0 Å². The number of alkyl halides is 2. The molecule has 0 bridgehead atoms. The Morgan fingerprint density at radius 2 is 1.96 bits per heavy atom. The van der Waals surface area contributed by atoms with Gasteiger partial charge in [-0.3, -0.25) is 4.98 Å². The van der Waals surface area contributed by atoms with Crippen LogP contribution in [0.4, 0.5) is 20.3 Å². The Bertz CT molecular complexity index is 1050. The number of nitrogens with zero attached hydrogens (tertiary/aromatic N) is 4. The van der Waals surface area contributed by atoms with Crippen molar-refractivity contribution in [1.82, 2.24) is 19.5 Å². The maximum atomic E-state index is 12.1. The fourth-order valence-electron chi connectivity index (χ4n) is 2.75. The van der Waals surface area contributed by atoms with Crippen molar-refractivity contribution in [1.29, 1.82) is 0 Å². The molecule has 6 nitrogen and oxygen atoms in total. The maximum absolute atomic E-state index is 12.1. The van der Waals surface area contributed by atoms with Crippen LogP contribution in [0.1, 0.15) is 0 Å². The monoisotopic (exact) mass is 341 g/mol. The molecule has 4 rings (SSSR count). The molecule has 0 aliphatic carbocycles. The Balaban J connectivity index is 1.66. The summed E-state index contributed by atoms with van der Waals surface area (Å²) in [4.78, 5) is 12.6. The smallest absolute Gasteiger partial charge is 0.388 e. The predicted molar refractivity (Wildman–Crippen MR) is 90.2 cm³/mol. The summed E-state index contributed by atoms with van der Waals surface area (Å²) in [5.41, 5.74) is 2.48. The van der Waals surface area contributed by atoms with Crippen LogP contribution in [0, 0.1) is 0 Å². The number of anilines is 2. The van der Waals surface area contributed by atoms with Gasteiger partial charge in [-0.25, -0.2) is 9.97 Å². The van der Waals surface area contributed by atoms with E-state index < -0.39 is 6.61 Å². The molecule has 0 unspecified atom stereocenters.